The van der Waals surface area contributed by atoms with Crippen LogP contribution < -0.4 is 16.0 Å². The number of nitrogens with zero attached hydrogens (tertiary/aromatic N) is 7. The number of unbranched alkanes of at least 4 members (excludes halogenated alkanes) is 2. The minimum Gasteiger partial charge on any atom is -0.390 e. The summed E-state index contributed by atoms with van der Waals surface area (Å²) in [7, 11) is 4.81. The Morgan fingerprint density at radius 1 is 0.535 bits per heavy atom. The second-order valence-corrected chi connectivity index (χ2v) is 31.6. The number of hydrogen-bond donors (Lipinski definition) is 4. The number of hydrogen-bond acceptors (Lipinski definition) is 18. The number of ether oxygens (including phenoxy) is 2. The molecule has 2 fully saturated rings. The smallest absolute Gasteiger partial charge is 0.264 e. The molecule has 4 N–H and O–H groups in total. The summed E-state index contributed by atoms with van der Waals surface area (Å²) in [6.45, 7) is 31.3. The van der Waals surface area contributed by atoms with Gasteiger partial charge in [0.25, 0.3) is 10.1 Å². The first-order valence-electron chi connectivity index (χ1n) is 35.9. The lowest BCUT2D eigenvalue weighted by atomic mass is 9.85. The van der Waals surface area contributed by atoms with Crippen LogP contribution in [-0.4, -0.2) is 274 Å². The van der Waals surface area contributed by atoms with Crippen LogP contribution in [0.25, 0.3) is 0 Å². The number of aliphatic hydroxyl groups excluding tert-OH is 1. The van der Waals surface area contributed by atoms with Crippen molar-refractivity contribution in [3.63, 3.8) is 0 Å². The quantitative estimate of drug-likeness (QED) is 0.0779. The molecule has 0 aromatic heterocycles. The van der Waals surface area contributed by atoms with Crippen molar-refractivity contribution in [3.8, 4) is 0 Å². The zero-order valence-corrected chi connectivity index (χ0v) is 65.0. The van der Waals surface area contributed by atoms with Crippen molar-refractivity contribution in [3.05, 3.63) is 0 Å². The van der Waals surface area contributed by atoms with Gasteiger partial charge in [0.2, 0.25) is 53.2 Å². The van der Waals surface area contributed by atoms with Crippen LogP contribution in [0.1, 0.15) is 181 Å². The SMILES string of the molecule is CC[C@@H]1NC(=O)[C@H]([C@H](O)[C@H](C)CCCCOS(C)(=O)=O)NC(=O)[C@H](C(C)C)N(C)C(=O)[C@H](CC(C)C)N(C)C(=O)[C@H](CC(C)C)N(C)C(=O)[C@@H](C)NC(=O)[C@H](C)CC(=O)[C@H](CC(C)C)N(C)C(=O)[C@H](C(C)C)CC(=O)[C@H]([C@@H](C)OCCCCN2CCOCC2)N(C)C(=O)[C@@H](C)N(C)C1=O. The molecule has 0 spiro atoms. The van der Waals surface area contributed by atoms with Crippen molar-refractivity contribution in [1.29, 1.82) is 0 Å². The third-order valence-electron chi connectivity index (χ3n) is 19.4. The number of likely N-dealkylation sites (N-methyl/N-ethyl adjacent to an activating group) is 6. The molecule has 2 saturated heterocycles. The van der Waals surface area contributed by atoms with Gasteiger partial charge in [0.1, 0.15) is 48.3 Å². The molecule has 0 aromatic rings. The highest BCUT2D eigenvalue weighted by atomic mass is 32.2. The summed E-state index contributed by atoms with van der Waals surface area (Å²) in [4.78, 5) is 173. The molecule has 2 aliphatic heterocycles. The molecule has 14 atom stereocenters. The zero-order chi connectivity index (χ0) is 75.8. The van der Waals surface area contributed by atoms with E-state index in [1.54, 1.807) is 48.5 Å². The molecule has 0 unspecified atom stereocenters. The number of nitrogens with one attached hydrogen (secondary N) is 3. The maximum absolute atomic E-state index is 15.2. The summed E-state index contributed by atoms with van der Waals surface area (Å²) < 4.78 is 40.2. The highest BCUT2D eigenvalue weighted by Gasteiger charge is 2.45. The van der Waals surface area contributed by atoms with E-state index in [2.05, 4.69) is 20.9 Å². The van der Waals surface area contributed by atoms with Crippen molar-refractivity contribution in [2.24, 2.45) is 47.3 Å². The second-order valence-electron chi connectivity index (χ2n) is 29.9. The molecule has 0 saturated carbocycles. The van der Waals surface area contributed by atoms with E-state index in [-0.39, 0.29) is 82.3 Å². The van der Waals surface area contributed by atoms with Gasteiger partial charge in [-0.15, -0.1) is 0 Å². The maximum Gasteiger partial charge on any atom is 0.264 e. The topological polar surface area (TPSA) is 329 Å². The van der Waals surface area contributed by atoms with Crippen LogP contribution in [-0.2, 0) is 76.5 Å². The number of morpholine rings is 1. The van der Waals surface area contributed by atoms with Gasteiger partial charge in [0, 0.05) is 86.7 Å². The van der Waals surface area contributed by atoms with Gasteiger partial charge in [-0.1, -0.05) is 96.4 Å². The number of carbonyl (C=O) groups is 11. The molecular weight excluding hydrogens is 1300 g/mol. The third kappa shape index (κ3) is 27.6. The van der Waals surface area contributed by atoms with Crippen LogP contribution in [0.3, 0.4) is 0 Å². The molecule has 0 radical (unpaired) electrons. The third-order valence-corrected chi connectivity index (χ3v) is 20.0. The van der Waals surface area contributed by atoms with Crippen molar-refractivity contribution in [2.45, 2.75) is 248 Å². The van der Waals surface area contributed by atoms with E-state index in [0.29, 0.717) is 26.1 Å². The molecular formula is C71H128N10O17S. The second kappa shape index (κ2) is 42.0. The lowest BCUT2D eigenvalue weighted by Gasteiger charge is -2.40. The Bertz CT molecular complexity index is 2780. The Hall–Kier alpha value is -5.68. The normalized spacial score (nSPS) is 27.1. The lowest BCUT2D eigenvalue weighted by molar-refractivity contribution is -0.154. The monoisotopic (exact) mass is 1420 g/mol. The van der Waals surface area contributed by atoms with Crippen LogP contribution >= 0.6 is 0 Å². The van der Waals surface area contributed by atoms with Crippen molar-refractivity contribution in [1.82, 2.24) is 50.2 Å². The minimum absolute atomic E-state index is 0.0527. The molecule has 28 heteroatoms. The molecule has 2 heterocycles. The van der Waals surface area contributed by atoms with Crippen LogP contribution in [0.5, 0.6) is 0 Å². The van der Waals surface area contributed by atoms with Crippen LogP contribution in [0.15, 0.2) is 0 Å². The fourth-order valence-electron chi connectivity index (χ4n) is 13.0. The van der Waals surface area contributed by atoms with Crippen molar-refractivity contribution < 1.29 is 79.9 Å². The van der Waals surface area contributed by atoms with Crippen LogP contribution in [0, 0.1) is 47.3 Å². The molecule has 2 rings (SSSR count). The maximum atomic E-state index is 15.2. The Kier molecular flexibility index (Phi) is 38.0. The number of aliphatic hydroxyl groups is 1. The van der Waals surface area contributed by atoms with E-state index in [4.69, 9.17) is 13.7 Å². The van der Waals surface area contributed by atoms with E-state index in [1.807, 2.05) is 41.5 Å². The van der Waals surface area contributed by atoms with Crippen molar-refractivity contribution in [2.75, 3.05) is 94.6 Å². The molecule has 2 aliphatic rings. The summed E-state index contributed by atoms with van der Waals surface area (Å²) in [5, 5.41) is 20.4. The molecule has 0 aromatic carbocycles. The molecule has 9 amide bonds. The first-order chi connectivity index (χ1) is 45.9. The van der Waals surface area contributed by atoms with Gasteiger partial charge in [-0.05, 0) is 114 Å². The number of Topliss-reactive ketones (excluding diaryl/α,β-unsaturated/α-hetero) is 2. The zero-order valence-electron chi connectivity index (χ0n) is 64.2. The predicted octanol–water partition coefficient (Wildman–Crippen LogP) is 4.15. The number of carbonyl (C=O) groups excluding carboxylic acids is 11. The van der Waals surface area contributed by atoms with E-state index in [0.717, 1.165) is 37.2 Å². The largest absolute Gasteiger partial charge is 0.390 e. The van der Waals surface area contributed by atoms with E-state index < -0.39 is 171 Å². The molecule has 0 aliphatic carbocycles. The summed E-state index contributed by atoms with van der Waals surface area (Å²) in [6.07, 6.45) is 0.195. The Balaban J connectivity index is 2.99. The van der Waals surface area contributed by atoms with Crippen LogP contribution in [0.4, 0.5) is 0 Å². The van der Waals surface area contributed by atoms with Gasteiger partial charge >= 0.3 is 0 Å². The van der Waals surface area contributed by atoms with Gasteiger partial charge in [-0.25, -0.2) is 0 Å². The number of amides is 9. The molecule has 570 valence electrons. The van der Waals surface area contributed by atoms with Gasteiger partial charge in [-0.3, -0.25) is 61.8 Å². The van der Waals surface area contributed by atoms with Gasteiger partial charge in [-0.2, -0.15) is 8.42 Å². The minimum atomic E-state index is -3.75. The fourth-order valence-corrected chi connectivity index (χ4v) is 13.4. The van der Waals surface area contributed by atoms with E-state index in [1.165, 1.54) is 87.6 Å². The van der Waals surface area contributed by atoms with E-state index >= 15 is 28.8 Å². The highest BCUT2D eigenvalue weighted by Crippen LogP contribution is 2.28. The highest BCUT2D eigenvalue weighted by molar-refractivity contribution is 7.86. The fraction of sp³-hybridized carbons (Fsp3) is 0.845. The van der Waals surface area contributed by atoms with Crippen LogP contribution in [0.2, 0.25) is 0 Å². The summed E-state index contributed by atoms with van der Waals surface area (Å²) >= 11 is 0. The molecule has 0 bridgehead atoms. The lowest BCUT2D eigenvalue weighted by Crippen LogP contribution is -2.63. The number of ketones is 2. The van der Waals surface area contributed by atoms with Gasteiger partial charge < -0.3 is 59.9 Å². The molecule has 27 nitrogen and oxygen atoms in total. The van der Waals surface area contributed by atoms with Gasteiger partial charge in [0.05, 0.1) is 44.3 Å². The Morgan fingerprint density at radius 3 is 1.56 bits per heavy atom. The first-order valence-corrected chi connectivity index (χ1v) is 37.8. The Labute approximate surface area is 592 Å². The summed E-state index contributed by atoms with van der Waals surface area (Å²) in [5.74, 6) is -11.7. The van der Waals surface area contributed by atoms with Gasteiger partial charge in [0.15, 0.2) is 11.6 Å². The van der Waals surface area contributed by atoms with Crippen molar-refractivity contribution >= 4 is 74.8 Å². The average Bonchev–Trinajstić information content (AvgIpc) is 0.820. The predicted molar refractivity (Wildman–Crippen MR) is 378 cm³/mol. The standard InChI is InChI=1S/C71H128N10O17S/c1-24-53-69(91)75(17)50(15)67(89)80(22)61(51(16)97-33-28-26-30-81-31-35-96-36-32-81)58(83)41-52(45(8)9)68(90)76(18)54(37-42(2)3)57(82)40-48(13)63(85)72-49(14)66(88)77(19)55(38-43(4)5)70(92)78(20)56(39-44(6)7)71(93)79(21)60(46(10)11)65(87)74-59(64(86)73-53)62(84)47(12)29-25-27-34-98-99(23,94)95/h42-56,59-62,84H,24-41H2,1-23H3,(H,72,85)(H,73,86)(H,74,87)/t47-,48-,49-,50-,51-,52+,53+,54+,55+,56+,59+,60+,61+,62-/m1/s1. The summed E-state index contributed by atoms with van der Waals surface area (Å²) in [5.41, 5.74) is 0. The molecule has 99 heavy (non-hydrogen) atoms. The first kappa shape index (κ1) is 89.4. The summed E-state index contributed by atoms with van der Waals surface area (Å²) in [6, 6.07) is -11.7. The number of rotatable bonds is 24. The van der Waals surface area contributed by atoms with E-state index in [9.17, 15) is 37.5 Å². The average molecular weight is 1430 g/mol. The Morgan fingerprint density at radius 2 is 1.04 bits per heavy atom.